The lowest BCUT2D eigenvalue weighted by atomic mass is 10.1. The fourth-order valence-electron chi connectivity index (χ4n) is 1.80. The molecular weight excluding hydrogens is 260 g/mol. The number of H-pyrrole nitrogens is 2. The van der Waals surface area contributed by atoms with Crippen molar-refractivity contribution in [1.82, 2.24) is 9.97 Å². The van der Waals surface area contributed by atoms with E-state index in [4.69, 9.17) is 5.73 Å². The van der Waals surface area contributed by atoms with Gasteiger partial charge in [-0.3, -0.25) is 14.4 Å². The third-order valence-corrected chi connectivity index (χ3v) is 2.94. The van der Waals surface area contributed by atoms with E-state index >= 15 is 0 Å². The van der Waals surface area contributed by atoms with Gasteiger partial charge >= 0.3 is 11.1 Å². The van der Waals surface area contributed by atoms with Crippen molar-refractivity contribution in [2.24, 2.45) is 11.7 Å². The summed E-state index contributed by atoms with van der Waals surface area (Å²) in [7, 11) is 0. The SMILES string of the molecule is CC(CN)CC(=O)Nc1ccc2[nH]c(=O)c(=O)[nH]c2c1. The Kier molecular flexibility index (Phi) is 3.99. The standard InChI is InChI=1S/C13H16N4O3/c1-7(6-14)4-11(18)15-8-2-3-9-10(5-8)17-13(20)12(19)16-9/h2-3,5,7H,4,6,14H2,1H3,(H,15,18)(H,16,19)(H,17,20). The average molecular weight is 276 g/mol. The summed E-state index contributed by atoms with van der Waals surface area (Å²) < 4.78 is 0. The Morgan fingerprint density at radius 3 is 2.55 bits per heavy atom. The van der Waals surface area contributed by atoms with Crippen LogP contribution in [0.15, 0.2) is 27.8 Å². The summed E-state index contributed by atoms with van der Waals surface area (Å²) in [6.45, 7) is 2.34. The predicted octanol–water partition coefficient (Wildman–Crippen LogP) is 0.140. The van der Waals surface area contributed by atoms with Crippen LogP contribution in [0.5, 0.6) is 0 Å². The summed E-state index contributed by atoms with van der Waals surface area (Å²) in [5.74, 6) is -0.0410. The van der Waals surface area contributed by atoms with Crippen LogP contribution < -0.4 is 22.2 Å². The second-order valence-corrected chi connectivity index (χ2v) is 4.76. The largest absolute Gasteiger partial charge is 0.330 e. The summed E-state index contributed by atoms with van der Waals surface area (Å²) in [6, 6.07) is 4.87. The highest BCUT2D eigenvalue weighted by molar-refractivity contribution is 5.92. The van der Waals surface area contributed by atoms with Gasteiger partial charge in [0.05, 0.1) is 11.0 Å². The number of hydrogen-bond donors (Lipinski definition) is 4. The molecule has 0 spiro atoms. The molecule has 7 heteroatoms. The number of nitrogens with two attached hydrogens (primary N) is 1. The number of benzene rings is 1. The average Bonchev–Trinajstić information content (AvgIpc) is 2.40. The molecule has 0 aliphatic carbocycles. The zero-order chi connectivity index (χ0) is 14.7. The maximum atomic E-state index is 11.7. The van der Waals surface area contributed by atoms with E-state index in [1.807, 2.05) is 6.92 Å². The van der Waals surface area contributed by atoms with E-state index in [1.165, 1.54) is 0 Å². The Morgan fingerprint density at radius 1 is 1.25 bits per heavy atom. The molecule has 0 fully saturated rings. The van der Waals surface area contributed by atoms with Crippen LogP contribution >= 0.6 is 0 Å². The normalized spacial score (nSPS) is 12.3. The molecule has 1 amide bonds. The fourth-order valence-corrected chi connectivity index (χ4v) is 1.80. The van der Waals surface area contributed by atoms with Gasteiger partial charge in [0.15, 0.2) is 0 Å². The third-order valence-electron chi connectivity index (χ3n) is 2.94. The van der Waals surface area contributed by atoms with Gasteiger partial charge in [0.25, 0.3) is 0 Å². The number of carbonyl (C=O) groups is 1. The van der Waals surface area contributed by atoms with Crippen LogP contribution in [0.3, 0.4) is 0 Å². The topological polar surface area (TPSA) is 121 Å². The molecule has 2 aromatic rings. The van der Waals surface area contributed by atoms with E-state index in [0.717, 1.165) is 0 Å². The van der Waals surface area contributed by atoms with Gasteiger partial charge in [0.2, 0.25) is 5.91 Å². The summed E-state index contributed by atoms with van der Waals surface area (Å²) in [5, 5.41) is 2.72. The number of aromatic amines is 2. The zero-order valence-electron chi connectivity index (χ0n) is 11.0. The highest BCUT2D eigenvalue weighted by Gasteiger charge is 2.08. The van der Waals surface area contributed by atoms with Gasteiger partial charge < -0.3 is 21.0 Å². The van der Waals surface area contributed by atoms with Gasteiger partial charge in [-0.1, -0.05) is 6.92 Å². The smallest absolute Gasteiger partial charge is 0.314 e. The second kappa shape index (κ2) is 5.70. The molecule has 7 nitrogen and oxygen atoms in total. The van der Waals surface area contributed by atoms with E-state index in [1.54, 1.807) is 18.2 Å². The Morgan fingerprint density at radius 2 is 1.90 bits per heavy atom. The van der Waals surface area contributed by atoms with Crippen molar-refractivity contribution in [1.29, 1.82) is 0 Å². The van der Waals surface area contributed by atoms with Crippen LogP contribution in [0.2, 0.25) is 0 Å². The van der Waals surface area contributed by atoms with Gasteiger partial charge in [-0.15, -0.1) is 0 Å². The van der Waals surface area contributed by atoms with Gasteiger partial charge in [0.1, 0.15) is 0 Å². The molecule has 0 saturated heterocycles. The fraction of sp³-hybridized carbons (Fsp3) is 0.308. The van der Waals surface area contributed by atoms with Crippen LogP contribution in [0.4, 0.5) is 5.69 Å². The van der Waals surface area contributed by atoms with Crippen LogP contribution in [0.25, 0.3) is 11.0 Å². The van der Waals surface area contributed by atoms with Crippen LogP contribution in [-0.2, 0) is 4.79 Å². The Bertz CT molecular complexity index is 747. The molecule has 106 valence electrons. The maximum absolute atomic E-state index is 11.7. The molecule has 1 heterocycles. The Hall–Kier alpha value is -2.41. The van der Waals surface area contributed by atoms with Crippen molar-refractivity contribution >= 4 is 22.6 Å². The van der Waals surface area contributed by atoms with Crippen LogP contribution in [-0.4, -0.2) is 22.4 Å². The molecule has 1 unspecified atom stereocenters. The van der Waals surface area contributed by atoms with E-state index in [2.05, 4.69) is 15.3 Å². The number of rotatable bonds is 4. The van der Waals surface area contributed by atoms with E-state index in [-0.39, 0.29) is 11.8 Å². The first kappa shape index (κ1) is 14.0. The van der Waals surface area contributed by atoms with Crippen LogP contribution in [0.1, 0.15) is 13.3 Å². The monoisotopic (exact) mass is 276 g/mol. The third kappa shape index (κ3) is 3.12. The molecular formula is C13H16N4O3. The van der Waals surface area contributed by atoms with Crippen molar-refractivity contribution < 1.29 is 4.79 Å². The zero-order valence-corrected chi connectivity index (χ0v) is 11.0. The summed E-state index contributed by atoms with van der Waals surface area (Å²) in [6.07, 6.45) is 0.330. The van der Waals surface area contributed by atoms with Crippen LogP contribution in [0, 0.1) is 5.92 Å². The van der Waals surface area contributed by atoms with Crippen molar-refractivity contribution in [3.05, 3.63) is 38.9 Å². The highest BCUT2D eigenvalue weighted by atomic mass is 16.2. The number of aromatic nitrogens is 2. The number of amides is 1. The van der Waals surface area contributed by atoms with Crippen molar-refractivity contribution in [3.8, 4) is 0 Å². The highest BCUT2D eigenvalue weighted by Crippen LogP contribution is 2.14. The van der Waals surface area contributed by atoms with Gasteiger partial charge in [-0.25, -0.2) is 0 Å². The molecule has 5 N–H and O–H groups in total. The summed E-state index contributed by atoms with van der Waals surface area (Å²) >= 11 is 0. The summed E-state index contributed by atoms with van der Waals surface area (Å²) in [4.78, 5) is 39.1. The lowest BCUT2D eigenvalue weighted by molar-refractivity contribution is -0.116. The van der Waals surface area contributed by atoms with E-state index in [9.17, 15) is 14.4 Å². The number of fused-ring (bicyclic) bond motifs is 1. The molecule has 0 aliphatic rings. The molecule has 0 bridgehead atoms. The predicted molar refractivity (Wildman–Crippen MR) is 76.7 cm³/mol. The number of carbonyl (C=O) groups excluding carboxylic acids is 1. The number of nitrogens with one attached hydrogen (secondary N) is 3. The first-order chi connectivity index (χ1) is 9.49. The second-order valence-electron chi connectivity index (χ2n) is 4.76. The van der Waals surface area contributed by atoms with Crippen molar-refractivity contribution in [3.63, 3.8) is 0 Å². The molecule has 1 aromatic heterocycles. The lowest BCUT2D eigenvalue weighted by Crippen LogP contribution is -2.28. The lowest BCUT2D eigenvalue weighted by Gasteiger charge is -2.09. The Balaban J connectivity index is 2.24. The van der Waals surface area contributed by atoms with Crippen molar-refractivity contribution in [2.45, 2.75) is 13.3 Å². The molecule has 2 rings (SSSR count). The minimum atomic E-state index is -0.724. The van der Waals surface area contributed by atoms with E-state index in [0.29, 0.717) is 29.7 Å². The number of hydrogen-bond acceptors (Lipinski definition) is 4. The van der Waals surface area contributed by atoms with Gasteiger partial charge in [-0.2, -0.15) is 0 Å². The minimum Gasteiger partial charge on any atom is -0.330 e. The minimum absolute atomic E-state index is 0.103. The van der Waals surface area contributed by atoms with Gasteiger partial charge in [0, 0.05) is 12.1 Å². The van der Waals surface area contributed by atoms with Crippen molar-refractivity contribution in [2.75, 3.05) is 11.9 Å². The molecule has 0 aliphatic heterocycles. The Labute approximate surface area is 114 Å². The molecule has 1 atom stereocenters. The molecule has 0 saturated carbocycles. The maximum Gasteiger partial charge on any atom is 0.314 e. The summed E-state index contributed by atoms with van der Waals surface area (Å²) in [5.41, 5.74) is 5.55. The van der Waals surface area contributed by atoms with E-state index < -0.39 is 11.1 Å². The molecule has 1 aromatic carbocycles. The molecule has 20 heavy (non-hydrogen) atoms. The quantitative estimate of drug-likeness (QED) is 0.593. The van der Waals surface area contributed by atoms with Gasteiger partial charge in [-0.05, 0) is 30.7 Å². The molecule has 0 radical (unpaired) electrons. The first-order valence-electron chi connectivity index (χ1n) is 6.26. The number of anilines is 1. The first-order valence-corrected chi connectivity index (χ1v) is 6.26.